The van der Waals surface area contributed by atoms with Gasteiger partial charge in [0.05, 0.1) is 0 Å². The lowest BCUT2D eigenvalue weighted by Gasteiger charge is -2.31. The zero-order valence-electron chi connectivity index (χ0n) is 10.9. The van der Waals surface area contributed by atoms with Gasteiger partial charge < -0.3 is 16.3 Å². The minimum Gasteiger partial charge on any atom is -0.409 e. The quantitative estimate of drug-likeness (QED) is 0.332. The van der Waals surface area contributed by atoms with Gasteiger partial charge >= 0.3 is 0 Å². The first-order chi connectivity index (χ1) is 8.99. The molecule has 0 saturated heterocycles. The van der Waals surface area contributed by atoms with Gasteiger partial charge in [-0.15, -0.1) is 0 Å². The summed E-state index contributed by atoms with van der Waals surface area (Å²) in [7, 11) is 0. The Bertz CT molecular complexity index is 469. The van der Waals surface area contributed by atoms with Crippen molar-refractivity contribution in [2.24, 2.45) is 10.9 Å². The Morgan fingerprint density at radius 2 is 2.16 bits per heavy atom. The highest BCUT2D eigenvalue weighted by Crippen LogP contribution is 2.16. The van der Waals surface area contributed by atoms with Gasteiger partial charge in [0.25, 0.3) is 5.91 Å². The number of hydrogen-bond acceptors (Lipinski definition) is 4. The molecule has 4 N–H and O–H groups in total. The second-order valence-corrected chi connectivity index (χ2v) is 5.01. The second-order valence-electron chi connectivity index (χ2n) is 4.09. The van der Waals surface area contributed by atoms with Gasteiger partial charge in [0.2, 0.25) is 0 Å². The van der Waals surface area contributed by atoms with E-state index in [0.29, 0.717) is 12.8 Å². The third-order valence-corrected chi connectivity index (χ3v) is 3.59. The SMILES string of the molecule is CCC(CC)(NC(=O)c1ccc(Br)cn1)C(N)=NO. The number of halogens is 1. The molecule has 1 heterocycles. The number of amides is 1. The summed E-state index contributed by atoms with van der Waals surface area (Å²) >= 11 is 3.25. The second kappa shape index (κ2) is 6.51. The van der Waals surface area contributed by atoms with Crippen LogP contribution in [-0.2, 0) is 0 Å². The minimum atomic E-state index is -0.861. The summed E-state index contributed by atoms with van der Waals surface area (Å²) in [5.41, 5.74) is 5.10. The first kappa shape index (κ1) is 15.4. The Morgan fingerprint density at radius 3 is 2.58 bits per heavy atom. The van der Waals surface area contributed by atoms with Crippen molar-refractivity contribution in [3.8, 4) is 0 Å². The normalized spacial score (nSPS) is 12.3. The van der Waals surface area contributed by atoms with Crippen molar-refractivity contribution in [1.82, 2.24) is 10.3 Å². The molecule has 0 saturated carbocycles. The molecule has 0 aliphatic rings. The fourth-order valence-electron chi connectivity index (χ4n) is 1.74. The fraction of sp³-hybridized carbons (Fsp3) is 0.417. The van der Waals surface area contributed by atoms with Crippen LogP contribution in [0.25, 0.3) is 0 Å². The smallest absolute Gasteiger partial charge is 0.270 e. The first-order valence-corrected chi connectivity index (χ1v) is 6.70. The van der Waals surface area contributed by atoms with E-state index in [1.807, 2.05) is 13.8 Å². The summed E-state index contributed by atoms with van der Waals surface area (Å²) in [6.45, 7) is 3.72. The monoisotopic (exact) mass is 328 g/mol. The van der Waals surface area contributed by atoms with Crippen LogP contribution < -0.4 is 11.1 Å². The molecule has 6 nitrogen and oxygen atoms in total. The predicted molar refractivity (Wildman–Crippen MR) is 76.1 cm³/mol. The van der Waals surface area contributed by atoms with Gasteiger partial charge in [-0.05, 0) is 40.9 Å². The van der Waals surface area contributed by atoms with E-state index in [2.05, 4.69) is 31.4 Å². The summed E-state index contributed by atoms with van der Waals surface area (Å²) in [5, 5.41) is 14.6. The zero-order chi connectivity index (χ0) is 14.5. The first-order valence-electron chi connectivity index (χ1n) is 5.91. The molecule has 0 radical (unpaired) electrons. The van der Waals surface area contributed by atoms with Crippen LogP contribution in [0.4, 0.5) is 0 Å². The van der Waals surface area contributed by atoms with Crippen molar-refractivity contribution >= 4 is 27.7 Å². The average Bonchev–Trinajstić information content (AvgIpc) is 2.44. The van der Waals surface area contributed by atoms with Crippen LogP contribution in [0.1, 0.15) is 37.2 Å². The van der Waals surface area contributed by atoms with E-state index >= 15 is 0 Å². The minimum absolute atomic E-state index is 0.0111. The maximum absolute atomic E-state index is 12.1. The summed E-state index contributed by atoms with van der Waals surface area (Å²) in [5.74, 6) is -0.370. The number of nitrogens with one attached hydrogen (secondary N) is 1. The number of rotatable bonds is 5. The van der Waals surface area contributed by atoms with Gasteiger partial charge in [-0.25, -0.2) is 4.98 Å². The molecule has 0 aliphatic heterocycles. The molecule has 1 amide bonds. The van der Waals surface area contributed by atoms with E-state index in [9.17, 15) is 4.79 Å². The number of hydrogen-bond donors (Lipinski definition) is 3. The number of nitrogens with two attached hydrogens (primary N) is 1. The highest BCUT2D eigenvalue weighted by Gasteiger charge is 2.33. The van der Waals surface area contributed by atoms with E-state index in [-0.39, 0.29) is 17.4 Å². The van der Waals surface area contributed by atoms with Gasteiger partial charge in [-0.1, -0.05) is 19.0 Å². The van der Waals surface area contributed by atoms with E-state index in [0.717, 1.165) is 4.47 Å². The van der Waals surface area contributed by atoms with Crippen LogP contribution in [0.2, 0.25) is 0 Å². The zero-order valence-corrected chi connectivity index (χ0v) is 12.4. The molecule has 1 aromatic heterocycles. The molecule has 0 aromatic carbocycles. The maximum atomic E-state index is 12.1. The molecule has 0 fully saturated rings. The van der Waals surface area contributed by atoms with Crippen LogP contribution in [0.5, 0.6) is 0 Å². The van der Waals surface area contributed by atoms with Crippen LogP contribution in [0, 0.1) is 0 Å². The molecule has 0 atom stereocenters. The molecular formula is C12H17BrN4O2. The van der Waals surface area contributed by atoms with Crippen LogP contribution in [-0.4, -0.2) is 27.5 Å². The number of oxime groups is 1. The largest absolute Gasteiger partial charge is 0.409 e. The van der Waals surface area contributed by atoms with Crippen LogP contribution >= 0.6 is 15.9 Å². The molecular weight excluding hydrogens is 312 g/mol. The van der Waals surface area contributed by atoms with Gasteiger partial charge in [0, 0.05) is 10.7 Å². The molecule has 0 bridgehead atoms. The number of amidine groups is 1. The highest BCUT2D eigenvalue weighted by atomic mass is 79.9. The molecule has 0 unspecified atom stereocenters. The van der Waals surface area contributed by atoms with Crippen molar-refractivity contribution in [2.45, 2.75) is 32.2 Å². The van der Waals surface area contributed by atoms with Crippen LogP contribution in [0.15, 0.2) is 28.0 Å². The summed E-state index contributed by atoms with van der Waals surface area (Å²) in [6, 6.07) is 3.33. The van der Waals surface area contributed by atoms with Gasteiger partial charge in [-0.2, -0.15) is 0 Å². The number of carbonyl (C=O) groups is 1. The van der Waals surface area contributed by atoms with Gasteiger partial charge in [0.15, 0.2) is 5.84 Å². The molecule has 19 heavy (non-hydrogen) atoms. The fourth-order valence-corrected chi connectivity index (χ4v) is 1.97. The lowest BCUT2D eigenvalue weighted by atomic mass is 9.91. The molecule has 104 valence electrons. The predicted octanol–water partition coefficient (Wildman–Crippen LogP) is 1.88. The molecule has 1 aromatic rings. The Hall–Kier alpha value is -1.63. The summed E-state index contributed by atoms with van der Waals surface area (Å²) in [4.78, 5) is 16.1. The van der Waals surface area contributed by atoms with E-state index in [1.54, 1.807) is 12.1 Å². The van der Waals surface area contributed by atoms with Crippen LogP contribution in [0.3, 0.4) is 0 Å². The topological polar surface area (TPSA) is 101 Å². The lowest BCUT2D eigenvalue weighted by Crippen LogP contribution is -2.57. The van der Waals surface area contributed by atoms with E-state index < -0.39 is 5.54 Å². The Kier molecular flexibility index (Phi) is 5.29. The Labute approximate surface area is 120 Å². The number of pyridine rings is 1. The Balaban J connectivity index is 2.97. The number of nitrogens with zero attached hydrogens (tertiary/aromatic N) is 2. The standard InChI is InChI=1S/C12H17BrN4O2/c1-3-12(4-2,11(14)17-19)16-10(18)9-6-5-8(13)7-15-9/h5-7,19H,3-4H2,1-2H3,(H2,14,17)(H,16,18). The molecule has 7 heteroatoms. The lowest BCUT2D eigenvalue weighted by molar-refractivity contribution is 0.0912. The molecule has 0 spiro atoms. The van der Waals surface area contributed by atoms with Gasteiger partial charge in [0.1, 0.15) is 11.2 Å². The maximum Gasteiger partial charge on any atom is 0.270 e. The number of carbonyl (C=O) groups excluding carboxylic acids is 1. The average molecular weight is 329 g/mol. The van der Waals surface area contributed by atoms with Crippen molar-refractivity contribution in [3.05, 3.63) is 28.5 Å². The Morgan fingerprint density at radius 1 is 1.53 bits per heavy atom. The van der Waals surface area contributed by atoms with Crippen molar-refractivity contribution in [3.63, 3.8) is 0 Å². The van der Waals surface area contributed by atoms with Crippen molar-refractivity contribution in [1.29, 1.82) is 0 Å². The van der Waals surface area contributed by atoms with E-state index in [4.69, 9.17) is 10.9 Å². The summed E-state index contributed by atoms with van der Waals surface area (Å²) < 4.78 is 0.790. The van der Waals surface area contributed by atoms with Crippen molar-refractivity contribution in [2.75, 3.05) is 0 Å². The third kappa shape index (κ3) is 3.44. The number of aromatic nitrogens is 1. The summed E-state index contributed by atoms with van der Waals surface area (Å²) in [6.07, 6.45) is 2.57. The van der Waals surface area contributed by atoms with E-state index in [1.165, 1.54) is 6.20 Å². The van der Waals surface area contributed by atoms with Gasteiger partial charge in [-0.3, -0.25) is 4.79 Å². The highest BCUT2D eigenvalue weighted by molar-refractivity contribution is 9.10. The van der Waals surface area contributed by atoms with Crippen molar-refractivity contribution < 1.29 is 10.0 Å². The molecule has 0 aliphatic carbocycles. The molecule has 1 rings (SSSR count). The third-order valence-electron chi connectivity index (χ3n) is 3.12.